The highest BCUT2D eigenvalue weighted by atomic mass is 16.5. The van der Waals surface area contributed by atoms with Gasteiger partial charge in [-0.3, -0.25) is 0 Å². The smallest absolute Gasteiger partial charge is 0.129 e. The van der Waals surface area contributed by atoms with Gasteiger partial charge in [-0.1, -0.05) is 0 Å². The Kier molecular flexibility index (Phi) is 5.15. The van der Waals surface area contributed by atoms with Crippen molar-refractivity contribution in [2.24, 2.45) is 11.3 Å². The van der Waals surface area contributed by atoms with E-state index in [9.17, 15) is 4.79 Å². The average molecular weight is 255 g/mol. The summed E-state index contributed by atoms with van der Waals surface area (Å²) < 4.78 is 5.49. The number of carbonyl (C=O) groups is 1. The minimum atomic E-state index is -0.278. The van der Waals surface area contributed by atoms with E-state index >= 15 is 0 Å². The zero-order chi connectivity index (χ0) is 12.8. The Morgan fingerprint density at radius 1 is 1.44 bits per heavy atom. The van der Waals surface area contributed by atoms with E-state index in [1.165, 1.54) is 12.8 Å². The summed E-state index contributed by atoms with van der Waals surface area (Å²) in [7, 11) is 0. The molecule has 0 aromatic heterocycles. The number of carbonyl (C=O) groups excluding carboxylic acids is 1. The molecule has 0 radical (unpaired) electrons. The van der Waals surface area contributed by atoms with Crippen molar-refractivity contribution < 1.29 is 14.6 Å². The zero-order valence-corrected chi connectivity index (χ0v) is 11.1. The van der Waals surface area contributed by atoms with Crippen molar-refractivity contribution in [1.82, 2.24) is 4.90 Å². The monoisotopic (exact) mass is 255 g/mol. The van der Waals surface area contributed by atoms with E-state index in [0.717, 1.165) is 51.8 Å². The maximum Gasteiger partial charge on any atom is 0.129 e. The first kappa shape index (κ1) is 14.0. The van der Waals surface area contributed by atoms with E-state index < -0.39 is 0 Å². The van der Waals surface area contributed by atoms with Crippen LogP contribution >= 0.6 is 0 Å². The van der Waals surface area contributed by atoms with Gasteiger partial charge in [0.05, 0.1) is 12.0 Å². The lowest BCUT2D eigenvalue weighted by Gasteiger charge is -2.40. The topological polar surface area (TPSA) is 49.8 Å². The number of hydrogen-bond acceptors (Lipinski definition) is 4. The number of piperidine rings is 1. The van der Waals surface area contributed by atoms with Crippen molar-refractivity contribution in [3.8, 4) is 0 Å². The quantitative estimate of drug-likeness (QED) is 0.747. The van der Waals surface area contributed by atoms with Crippen LogP contribution in [-0.4, -0.2) is 55.7 Å². The van der Waals surface area contributed by atoms with Gasteiger partial charge < -0.3 is 19.5 Å². The fourth-order valence-electron chi connectivity index (χ4n) is 3.29. The van der Waals surface area contributed by atoms with Crippen molar-refractivity contribution >= 4 is 6.29 Å². The molecule has 0 aromatic carbocycles. The molecule has 2 rings (SSSR count). The second-order valence-corrected chi connectivity index (χ2v) is 5.89. The van der Waals surface area contributed by atoms with Crippen LogP contribution in [0.1, 0.15) is 32.1 Å². The van der Waals surface area contributed by atoms with Crippen molar-refractivity contribution in [3.63, 3.8) is 0 Å². The molecule has 2 heterocycles. The van der Waals surface area contributed by atoms with Gasteiger partial charge in [-0.2, -0.15) is 0 Å². The van der Waals surface area contributed by atoms with Gasteiger partial charge in [0.15, 0.2) is 0 Å². The molecule has 0 aliphatic carbocycles. The van der Waals surface area contributed by atoms with Gasteiger partial charge in [-0.15, -0.1) is 0 Å². The fourth-order valence-corrected chi connectivity index (χ4v) is 3.29. The van der Waals surface area contributed by atoms with Crippen molar-refractivity contribution in [3.05, 3.63) is 0 Å². The van der Waals surface area contributed by atoms with E-state index in [4.69, 9.17) is 9.84 Å². The maximum atomic E-state index is 11.4. The molecule has 2 aliphatic heterocycles. The van der Waals surface area contributed by atoms with E-state index in [0.29, 0.717) is 12.5 Å². The molecule has 0 bridgehead atoms. The molecule has 0 amide bonds. The van der Waals surface area contributed by atoms with Crippen molar-refractivity contribution in [2.45, 2.75) is 32.1 Å². The van der Waals surface area contributed by atoms with Crippen LogP contribution in [0.4, 0.5) is 0 Å². The zero-order valence-electron chi connectivity index (χ0n) is 11.1. The van der Waals surface area contributed by atoms with Crippen molar-refractivity contribution in [1.29, 1.82) is 0 Å². The molecule has 2 saturated heterocycles. The maximum absolute atomic E-state index is 11.4. The van der Waals surface area contributed by atoms with Crippen molar-refractivity contribution in [2.75, 3.05) is 39.5 Å². The SMILES string of the molecule is O=CC1(CN2CCCC(CCO)C2)CCCOC1. The highest BCUT2D eigenvalue weighted by Gasteiger charge is 2.35. The average Bonchev–Trinajstić information content (AvgIpc) is 2.41. The second kappa shape index (κ2) is 6.64. The van der Waals surface area contributed by atoms with Crippen LogP contribution in [-0.2, 0) is 9.53 Å². The van der Waals surface area contributed by atoms with Crippen LogP contribution in [0.2, 0.25) is 0 Å². The van der Waals surface area contributed by atoms with Gasteiger partial charge in [0, 0.05) is 26.3 Å². The number of aliphatic hydroxyl groups is 1. The predicted molar refractivity (Wildman–Crippen MR) is 69.4 cm³/mol. The largest absolute Gasteiger partial charge is 0.396 e. The van der Waals surface area contributed by atoms with Gasteiger partial charge >= 0.3 is 0 Å². The molecular formula is C14H25NO3. The summed E-state index contributed by atoms with van der Waals surface area (Å²) in [5, 5.41) is 9.03. The summed E-state index contributed by atoms with van der Waals surface area (Å²) in [4.78, 5) is 13.8. The first-order valence-electron chi connectivity index (χ1n) is 7.15. The Balaban J connectivity index is 1.88. The van der Waals surface area contributed by atoms with Crippen LogP contribution < -0.4 is 0 Å². The van der Waals surface area contributed by atoms with Gasteiger partial charge in [0.1, 0.15) is 6.29 Å². The van der Waals surface area contributed by atoms with Gasteiger partial charge in [-0.25, -0.2) is 0 Å². The minimum Gasteiger partial charge on any atom is -0.396 e. The third-order valence-corrected chi connectivity index (χ3v) is 4.28. The molecule has 2 aliphatic rings. The van der Waals surface area contributed by atoms with E-state index in [-0.39, 0.29) is 12.0 Å². The predicted octanol–water partition coefficient (Wildman–Crippen LogP) is 1.08. The Bertz CT molecular complexity index is 262. The fraction of sp³-hybridized carbons (Fsp3) is 0.929. The molecule has 0 spiro atoms. The Morgan fingerprint density at radius 2 is 2.33 bits per heavy atom. The molecule has 0 saturated carbocycles. The lowest BCUT2D eigenvalue weighted by molar-refractivity contribution is -0.126. The molecule has 4 nitrogen and oxygen atoms in total. The lowest BCUT2D eigenvalue weighted by atomic mass is 9.82. The van der Waals surface area contributed by atoms with Crippen LogP contribution in [0.3, 0.4) is 0 Å². The number of aldehydes is 1. The molecule has 104 valence electrons. The second-order valence-electron chi connectivity index (χ2n) is 5.89. The molecule has 4 heteroatoms. The summed E-state index contributed by atoms with van der Waals surface area (Å²) in [6.45, 7) is 4.59. The molecule has 0 aromatic rings. The molecule has 2 atom stereocenters. The molecular weight excluding hydrogens is 230 g/mol. The highest BCUT2D eigenvalue weighted by Crippen LogP contribution is 2.29. The number of rotatable bonds is 5. The van der Waals surface area contributed by atoms with E-state index in [1.54, 1.807) is 0 Å². The van der Waals surface area contributed by atoms with Gasteiger partial charge in [-0.05, 0) is 44.6 Å². The lowest BCUT2D eigenvalue weighted by Crippen LogP contribution is -2.47. The summed E-state index contributed by atoms with van der Waals surface area (Å²) in [5.41, 5.74) is -0.278. The number of hydrogen-bond donors (Lipinski definition) is 1. The molecule has 18 heavy (non-hydrogen) atoms. The molecule has 1 N–H and O–H groups in total. The molecule has 2 fully saturated rings. The Hall–Kier alpha value is -0.450. The van der Waals surface area contributed by atoms with Crippen LogP contribution in [0.25, 0.3) is 0 Å². The molecule has 2 unspecified atom stereocenters. The summed E-state index contributed by atoms with van der Waals surface area (Å²) in [5.74, 6) is 0.594. The summed E-state index contributed by atoms with van der Waals surface area (Å²) >= 11 is 0. The standard InChI is InChI=1S/C14H25NO3/c16-7-4-13-3-1-6-15(9-13)10-14(11-17)5-2-8-18-12-14/h11,13,16H,1-10,12H2. The third kappa shape index (κ3) is 3.53. The van der Waals surface area contributed by atoms with Crippen LogP contribution in [0.15, 0.2) is 0 Å². The Labute approximate surface area is 109 Å². The first-order chi connectivity index (χ1) is 8.78. The minimum absolute atomic E-state index is 0.278. The van der Waals surface area contributed by atoms with E-state index in [2.05, 4.69) is 4.90 Å². The van der Waals surface area contributed by atoms with Gasteiger partial charge in [0.25, 0.3) is 0 Å². The summed E-state index contributed by atoms with van der Waals surface area (Å²) in [6, 6.07) is 0. The third-order valence-electron chi connectivity index (χ3n) is 4.28. The van der Waals surface area contributed by atoms with Crippen LogP contribution in [0, 0.1) is 11.3 Å². The number of likely N-dealkylation sites (tertiary alicyclic amines) is 1. The Morgan fingerprint density at radius 3 is 3.00 bits per heavy atom. The number of nitrogens with zero attached hydrogens (tertiary/aromatic N) is 1. The summed E-state index contributed by atoms with van der Waals surface area (Å²) in [6.07, 6.45) is 6.34. The highest BCUT2D eigenvalue weighted by molar-refractivity contribution is 5.60. The first-order valence-corrected chi connectivity index (χ1v) is 7.15. The number of ether oxygens (including phenoxy) is 1. The van der Waals surface area contributed by atoms with E-state index in [1.807, 2.05) is 0 Å². The normalized spacial score (nSPS) is 34.4. The van der Waals surface area contributed by atoms with Crippen LogP contribution in [0.5, 0.6) is 0 Å². The van der Waals surface area contributed by atoms with Gasteiger partial charge in [0.2, 0.25) is 0 Å². The number of aliphatic hydroxyl groups excluding tert-OH is 1.